The molecule has 2 aromatic carbocycles. The molecule has 0 saturated carbocycles. The van der Waals surface area contributed by atoms with Crippen molar-refractivity contribution in [1.82, 2.24) is 0 Å². The maximum absolute atomic E-state index is 13.6. The number of benzene rings is 2. The second kappa shape index (κ2) is 7.49. The van der Waals surface area contributed by atoms with Crippen LogP contribution in [0.3, 0.4) is 0 Å². The molecule has 2 aromatic rings. The minimum absolute atomic E-state index is 0.332. The van der Waals surface area contributed by atoms with Gasteiger partial charge in [0.15, 0.2) is 11.5 Å². The Morgan fingerprint density at radius 3 is 2.75 bits per heavy atom. The Morgan fingerprint density at radius 1 is 1.12 bits per heavy atom. The highest BCUT2D eigenvalue weighted by atomic mass is 79.9. The van der Waals surface area contributed by atoms with E-state index in [4.69, 9.17) is 9.47 Å². The van der Waals surface area contributed by atoms with Crippen LogP contribution in [-0.2, 0) is 4.79 Å². The van der Waals surface area contributed by atoms with Gasteiger partial charge in [0.25, 0.3) is 0 Å². The molecule has 124 valence electrons. The Hall–Kier alpha value is -2.34. The molecule has 0 aliphatic carbocycles. The average Bonchev–Trinajstić information content (AvgIpc) is 2.80. The van der Waals surface area contributed by atoms with Gasteiger partial charge in [-0.2, -0.15) is 0 Å². The number of carbonyl (C=O) groups is 1. The maximum Gasteiger partial charge on any atom is 0.248 e. The zero-order chi connectivity index (χ0) is 16.9. The molecule has 1 aliphatic rings. The molecular weight excluding hydrogens is 377 g/mol. The van der Waals surface area contributed by atoms with E-state index in [-0.39, 0.29) is 5.91 Å². The smallest absolute Gasteiger partial charge is 0.248 e. The van der Waals surface area contributed by atoms with Gasteiger partial charge in [0.2, 0.25) is 5.91 Å². The van der Waals surface area contributed by atoms with Crippen LogP contribution in [0, 0.1) is 5.82 Å². The van der Waals surface area contributed by atoms with Crippen LogP contribution >= 0.6 is 15.9 Å². The van der Waals surface area contributed by atoms with Gasteiger partial charge in [-0.3, -0.25) is 4.79 Å². The Morgan fingerprint density at radius 2 is 1.92 bits per heavy atom. The normalized spacial score (nSPS) is 13.6. The molecule has 1 heterocycles. The van der Waals surface area contributed by atoms with E-state index in [2.05, 4.69) is 21.2 Å². The summed E-state index contributed by atoms with van der Waals surface area (Å²) >= 11 is 3.27. The minimum Gasteiger partial charge on any atom is -0.490 e. The van der Waals surface area contributed by atoms with Crippen LogP contribution in [-0.4, -0.2) is 19.1 Å². The first kappa shape index (κ1) is 16.5. The summed E-state index contributed by atoms with van der Waals surface area (Å²) in [5.74, 6) is 0.520. The lowest BCUT2D eigenvalue weighted by Gasteiger charge is -2.09. The summed E-state index contributed by atoms with van der Waals surface area (Å²) in [7, 11) is 0. The van der Waals surface area contributed by atoms with Crippen molar-refractivity contribution < 1.29 is 18.7 Å². The van der Waals surface area contributed by atoms with Gasteiger partial charge in [-0.15, -0.1) is 0 Å². The van der Waals surface area contributed by atoms with Crippen LogP contribution in [0.4, 0.5) is 10.1 Å². The lowest BCUT2D eigenvalue weighted by Crippen LogP contribution is -2.08. The van der Waals surface area contributed by atoms with Crippen molar-refractivity contribution in [3.05, 3.63) is 58.3 Å². The first-order valence-electron chi connectivity index (χ1n) is 7.45. The van der Waals surface area contributed by atoms with E-state index in [0.717, 1.165) is 10.9 Å². The van der Waals surface area contributed by atoms with Crippen molar-refractivity contribution in [3.63, 3.8) is 0 Å². The molecule has 0 saturated heterocycles. The number of hydrogen-bond donors (Lipinski definition) is 1. The lowest BCUT2D eigenvalue weighted by molar-refractivity contribution is -0.111. The first-order chi connectivity index (χ1) is 11.6. The third-order valence-electron chi connectivity index (χ3n) is 3.39. The molecule has 3 rings (SSSR count). The topological polar surface area (TPSA) is 47.6 Å². The fourth-order valence-electron chi connectivity index (χ4n) is 2.23. The Balaban J connectivity index is 1.69. The third-order valence-corrected chi connectivity index (χ3v) is 3.88. The first-order valence-corrected chi connectivity index (χ1v) is 8.25. The van der Waals surface area contributed by atoms with Gasteiger partial charge in [-0.25, -0.2) is 4.39 Å². The maximum atomic E-state index is 13.6. The van der Waals surface area contributed by atoms with Gasteiger partial charge in [-0.1, -0.05) is 15.9 Å². The second-order valence-electron chi connectivity index (χ2n) is 5.20. The predicted octanol–water partition coefficient (Wildman–Crippen LogP) is 4.40. The predicted molar refractivity (Wildman–Crippen MR) is 93.8 cm³/mol. The number of ether oxygens (including phenoxy) is 2. The van der Waals surface area contributed by atoms with Crippen LogP contribution in [0.15, 0.2) is 46.9 Å². The van der Waals surface area contributed by atoms with Gasteiger partial charge in [-0.05, 0) is 36.4 Å². The minimum atomic E-state index is -0.391. The molecule has 0 radical (unpaired) electrons. The van der Waals surface area contributed by atoms with Crippen LogP contribution in [0.1, 0.15) is 12.0 Å². The fraction of sp³-hybridized carbons (Fsp3) is 0.167. The van der Waals surface area contributed by atoms with E-state index in [9.17, 15) is 9.18 Å². The number of fused-ring (bicyclic) bond motifs is 1. The second-order valence-corrected chi connectivity index (χ2v) is 6.12. The molecular formula is C18H15BrFNO3. The van der Waals surface area contributed by atoms with Crippen molar-refractivity contribution in [3.8, 4) is 11.5 Å². The number of amides is 1. The molecule has 24 heavy (non-hydrogen) atoms. The zero-order valence-corrected chi connectivity index (χ0v) is 14.3. The van der Waals surface area contributed by atoms with Gasteiger partial charge in [0.05, 0.1) is 13.2 Å². The molecule has 6 heteroatoms. The van der Waals surface area contributed by atoms with Crippen molar-refractivity contribution >= 4 is 33.6 Å². The summed E-state index contributed by atoms with van der Waals surface area (Å²) < 4.78 is 25.5. The molecule has 0 unspecified atom stereocenters. The van der Waals surface area contributed by atoms with Gasteiger partial charge >= 0.3 is 0 Å². The molecule has 4 nitrogen and oxygen atoms in total. The summed E-state index contributed by atoms with van der Waals surface area (Å²) in [6, 6.07) is 9.75. The molecule has 0 fully saturated rings. The van der Waals surface area contributed by atoms with Gasteiger partial charge in [0.1, 0.15) is 5.82 Å². The van der Waals surface area contributed by atoms with E-state index in [1.165, 1.54) is 18.2 Å². The fourth-order valence-corrected chi connectivity index (χ4v) is 2.61. The van der Waals surface area contributed by atoms with E-state index < -0.39 is 5.82 Å². The number of nitrogens with one attached hydrogen (secondary N) is 1. The molecule has 0 atom stereocenters. The quantitative estimate of drug-likeness (QED) is 0.788. The highest BCUT2D eigenvalue weighted by Crippen LogP contribution is 2.32. The number of anilines is 1. The summed E-state index contributed by atoms with van der Waals surface area (Å²) in [6.07, 6.45) is 3.53. The van der Waals surface area contributed by atoms with Crippen molar-refractivity contribution in [2.45, 2.75) is 6.42 Å². The standard InChI is InChI=1S/C18H15BrFNO3/c19-13-3-5-15(20)12(10-13)2-7-18(22)21-14-4-6-16-17(11-14)24-9-1-8-23-16/h2-7,10-11H,1,8-9H2,(H,21,22)/b7-2+. The number of carbonyl (C=O) groups excluding carboxylic acids is 1. The highest BCUT2D eigenvalue weighted by Gasteiger charge is 2.11. The van der Waals surface area contributed by atoms with Crippen LogP contribution in [0.2, 0.25) is 0 Å². The van der Waals surface area contributed by atoms with Crippen LogP contribution in [0.25, 0.3) is 6.08 Å². The van der Waals surface area contributed by atoms with Crippen LogP contribution in [0.5, 0.6) is 11.5 Å². The number of halogens is 2. The largest absolute Gasteiger partial charge is 0.490 e. The summed E-state index contributed by atoms with van der Waals surface area (Å²) in [4.78, 5) is 12.0. The Labute approximate surface area is 147 Å². The highest BCUT2D eigenvalue weighted by molar-refractivity contribution is 9.10. The molecule has 1 aliphatic heterocycles. The molecule has 0 aromatic heterocycles. The van der Waals surface area contributed by atoms with Crippen molar-refractivity contribution in [1.29, 1.82) is 0 Å². The van der Waals surface area contributed by atoms with Gasteiger partial charge < -0.3 is 14.8 Å². The summed E-state index contributed by atoms with van der Waals surface area (Å²) in [6.45, 7) is 1.19. The zero-order valence-electron chi connectivity index (χ0n) is 12.7. The lowest BCUT2D eigenvalue weighted by atomic mass is 10.2. The van der Waals surface area contributed by atoms with E-state index in [1.807, 2.05) is 0 Å². The van der Waals surface area contributed by atoms with E-state index in [0.29, 0.717) is 36.0 Å². The van der Waals surface area contributed by atoms with Crippen molar-refractivity contribution in [2.24, 2.45) is 0 Å². The van der Waals surface area contributed by atoms with E-state index >= 15 is 0 Å². The van der Waals surface area contributed by atoms with Crippen molar-refractivity contribution in [2.75, 3.05) is 18.5 Å². The number of rotatable bonds is 3. The Kier molecular flexibility index (Phi) is 5.15. The van der Waals surface area contributed by atoms with Gasteiger partial charge in [0, 0.05) is 34.3 Å². The monoisotopic (exact) mass is 391 g/mol. The molecule has 1 N–H and O–H groups in total. The van der Waals surface area contributed by atoms with Crippen LogP contribution < -0.4 is 14.8 Å². The summed E-state index contributed by atoms with van der Waals surface area (Å²) in [5, 5.41) is 2.72. The number of hydrogen-bond acceptors (Lipinski definition) is 3. The summed E-state index contributed by atoms with van der Waals surface area (Å²) in [5.41, 5.74) is 0.918. The third kappa shape index (κ3) is 4.14. The average molecular weight is 392 g/mol. The Bertz CT molecular complexity index is 792. The van der Waals surface area contributed by atoms with E-state index in [1.54, 1.807) is 30.3 Å². The SMILES string of the molecule is O=C(/C=C/c1cc(Br)ccc1F)Nc1ccc2c(c1)OCCCO2. The molecule has 0 spiro atoms. The molecule has 0 bridgehead atoms. The molecule has 1 amide bonds.